The van der Waals surface area contributed by atoms with Gasteiger partial charge in [0, 0.05) is 49.3 Å². The summed E-state index contributed by atoms with van der Waals surface area (Å²) in [6, 6.07) is 47.0. The van der Waals surface area contributed by atoms with Crippen molar-refractivity contribution in [3.8, 4) is 39.9 Å². The second kappa shape index (κ2) is 12.2. The maximum absolute atomic E-state index is 14.6. The molecule has 3 heterocycles. The molecular formula is C51H39FN4O. The summed E-state index contributed by atoms with van der Waals surface area (Å²) >= 11 is 0. The number of halogens is 1. The molecule has 0 N–H and O–H groups in total. The van der Waals surface area contributed by atoms with Gasteiger partial charge in [-0.25, -0.2) is 19.3 Å². The molecule has 11 rings (SSSR count). The van der Waals surface area contributed by atoms with Crippen molar-refractivity contribution in [3.05, 3.63) is 156 Å². The molecule has 0 saturated heterocycles. The molecule has 0 saturated carbocycles. The van der Waals surface area contributed by atoms with Gasteiger partial charge < -0.3 is 8.98 Å². The van der Waals surface area contributed by atoms with Crippen LogP contribution in [0.25, 0.3) is 94.4 Å². The topological polar surface area (TPSA) is 56.7 Å². The molecule has 276 valence electrons. The van der Waals surface area contributed by atoms with Crippen molar-refractivity contribution in [1.82, 2.24) is 19.5 Å². The second-order valence-corrected chi connectivity index (χ2v) is 16.8. The Morgan fingerprint density at radius 3 is 2.00 bits per heavy atom. The van der Waals surface area contributed by atoms with Gasteiger partial charge in [-0.3, -0.25) is 0 Å². The van der Waals surface area contributed by atoms with E-state index in [2.05, 4.69) is 111 Å². The van der Waals surface area contributed by atoms with E-state index in [4.69, 9.17) is 19.4 Å². The van der Waals surface area contributed by atoms with Crippen LogP contribution in [0.2, 0.25) is 0 Å². The minimum Gasteiger partial charge on any atom is -0.456 e. The van der Waals surface area contributed by atoms with Gasteiger partial charge >= 0.3 is 0 Å². The zero-order chi connectivity index (χ0) is 38.6. The van der Waals surface area contributed by atoms with Gasteiger partial charge in [-0.15, -0.1) is 0 Å². The Bertz CT molecular complexity index is 3260. The fraction of sp³-hybridized carbons (Fsp3) is 0.157. The molecule has 6 heteroatoms. The van der Waals surface area contributed by atoms with Crippen LogP contribution >= 0.6 is 0 Å². The highest BCUT2D eigenvalue weighted by Crippen LogP contribution is 2.49. The number of aromatic nitrogens is 4. The van der Waals surface area contributed by atoms with Gasteiger partial charge in [0.2, 0.25) is 0 Å². The second-order valence-electron chi connectivity index (χ2n) is 16.8. The Balaban J connectivity index is 1.13. The maximum Gasteiger partial charge on any atom is 0.164 e. The van der Waals surface area contributed by atoms with Crippen molar-refractivity contribution in [2.75, 3.05) is 0 Å². The summed E-state index contributed by atoms with van der Waals surface area (Å²) in [7, 11) is 0. The number of hydrogen-bond acceptors (Lipinski definition) is 4. The van der Waals surface area contributed by atoms with Gasteiger partial charge in [0.1, 0.15) is 17.0 Å². The van der Waals surface area contributed by atoms with Crippen LogP contribution in [0.4, 0.5) is 4.39 Å². The van der Waals surface area contributed by atoms with Crippen molar-refractivity contribution in [1.29, 1.82) is 0 Å². The number of benzene rings is 7. The summed E-state index contributed by atoms with van der Waals surface area (Å²) in [5.74, 6) is 1.04. The van der Waals surface area contributed by atoms with E-state index >= 15 is 0 Å². The quantitative estimate of drug-likeness (QED) is 0.180. The average molecular weight is 743 g/mol. The molecule has 0 atom stereocenters. The van der Waals surface area contributed by atoms with E-state index < -0.39 is 0 Å². The van der Waals surface area contributed by atoms with Gasteiger partial charge in [-0.1, -0.05) is 107 Å². The lowest BCUT2D eigenvalue weighted by Gasteiger charge is -2.42. The summed E-state index contributed by atoms with van der Waals surface area (Å²) in [6.07, 6.45) is 2.31. The van der Waals surface area contributed by atoms with E-state index in [1.165, 1.54) is 55.8 Å². The number of para-hydroxylation sites is 1. The summed E-state index contributed by atoms with van der Waals surface area (Å²) < 4.78 is 23.3. The molecule has 10 aromatic rings. The Morgan fingerprint density at radius 2 is 1.21 bits per heavy atom. The summed E-state index contributed by atoms with van der Waals surface area (Å²) in [5.41, 5.74) is 10.3. The number of hydrogen-bond donors (Lipinski definition) is 0. The maximum atomic E-state index is 14.6. The zero-order valence-corrected chi connectivity index (χ0v) is 32.3. The molecule has 57 heavy (non-hydrogen) atoms. The molecule has 0 spiro atoms. The number of rotatable bonds is 4. The van der Waals surface area contributed by atoms with E-state index in [-0.39, 0.29) is 16.6 Å². The van der Waals surface area contributed by atoms with E-state index in [1.54, 1.807) is 6.07 Å². The molecule has 7 aromatic carbocycles. The van der Waals surface area contributed by atoms with Crippen molar-refractivity contribution >= 4 is 54.5 Å². The summed E-state index contributed by atoms with van der Waals surface area (Å²) in [6.45, 7) is 9.57. The molecule has 1 aliphatic carbocycles. The molecule has 0 radical (unpaired) electrons. The lowest BCUT2D eigenvalue weighted by Crippen LogP contribution is -2.33. The van der Waals surface area contributed by atoms with Gasteiger partial charge in [-0.2, -0.15) is 0 Å². The van der Waals surface area contributed by atoms with Gasteiger partial charge in [-0.05, 0) is 101 Å². The normalized spacial score (nSPS) is 14.9. The van der Waals surface area contributed by atoms with Crippen molar-refractivity contribution in [3.63, 3.8) is 0 Å². The van der Waals surface area contributed by atoms with E-state index in [1.807, 2.05) is 42.5 Å². The van der Waals surface area contributed by atoms with E-state index in [0.717, 1.165) is 51.6 Å². The van der Waals surface area contributed by atoms with Crippen molar-refractivity contribution in [2.45, 2.75) is 51.4 Å². The fourth-order valence-electron chi connectivity index (χ4n) is 9.21. The summed E-state index contributed by atoms with van der Waals surface area (Å²) in [5, 5.41) is 6.85. The first kappa shape index (κ1) is 33.7. The molecule has 0 bridgehead atoms. The number of furan rings is 1. The molecule has 5 nitrogen and oxygen atoms in total. The van der Waals surface area contributed by atoms with Crippen molar-refractivity contribution < 1.29 is 8.81 Å². The van der Waals surface area contributed by atoms with E-state index in [9.17, 15) is 4.39 Å². The monoisotopic (exact) mass is 742 g/mol. The van der Waals surface area contributed by atoms with Crippen LogP contribution in [0.1, 0.15) is 51.7 Å². The Labute approximate surface area is 329 Å². The molecule has 0 amide bonds. The molecular weight excluding hydrogens is 704 g/mol. The average Bonchev–Trinajstić information content (AvgIpc) is 3.78. The van der Waals surface area contributed by atoms with Gasteiger partial charge in [0.25, 0.3) is 0 Å². The number of nitrogens with zero attached hydrogens (tertiary/aromatic N) is 4. The van der Waals surface area contributed by atoms with Gasteiger partial charge in [0.05, 0.1) is 11.0 Å². The Kier molecular flexibility index (Phi) is 7.19. The van der Waals surface area contributed by atoms with Gasteiger partial charge in [0.15, 0.2) is 17.5 Å². The van der Waals surface area contributed by atoms with Crippen LogP contribution in [0.3, 0.4) is 0 Å². The molecule has 1 aliphatic rings. The highest BCUT2D eigenvalue weighted by Gasteiger charge is 2.38. The Morgan fingerprint density at radius 1 is 0.544 bits per heavy atom. The predicted molar refractivity (Wildman–Crippen MR) is 231 cm³/mol. The molecule has 3 aromatic heterocycles. The lowest BCUT2D eigenvalue weighted by atomic mass is 9.63. The standard InChI is InChI=1S/C51H39FN4O/c1-50(2)25-26-51(3,4)41-29-42-39(28-40(41)50)36-24-21-30-11-5-6-14-35(30)46(36)56(42)34-22-19-31(20-23-34)47-53-48(32-12-9-13-33(52)27-32)55-49(54-47)38-16-10-18-44-45(38)37-15-7-8-17-43(37)57-44/h5-24,27-29H,25-26H2,1-4H3. The first-order valence-corrected chi connectivity index (χ1v) is 19.7. The number of fused-ring (bicyclic) bond motifs is 9. The van der Waals surface area contributed by atoms with Crippen LogP contribution in [0, 0.1) is 5.82 Å². The largest absolute Gasteiger partial charge is 0.456 e. The van der Waals surface area contributed by atoms with Crippen LogP contribution in [-0.2, 0) is 10.8 Å². The first-order chi connectivity index (χ1) is 27.6. The predicted octanol–water partition coefficient (Wildman–Crippen LogP) is 13.5. The first-order valence-electron chi connectivity index (χ1n) is 19.7. The van der Waals surface area contributed by atoms with Crippen molar-refractivity contribution in [2.24, 2.45) is 0 Å². The third-order valence-corrected chi connectivity index (χ3v) is 12.4. The summed E-state index contributed by atoms with van der Waals surface area (Å²) in [4.78, 5) is 15.0. The minimum atomic E-state index is -0.352. The van der Waals surface area contributed by atoms with Crippen LogP contribution in [-0.4, -0.2) is 19.5 Å². The van der Waals surface area contributed by atoms with Crippen LogP contribution in [0.15, 0.2) is 144 Å². The Hall–Kier alpha value is -6.66. The smallest absolute Gasteiger partial charge is 0.164 e. The minimum absolute atomic E-state index is 0.0646. The third kappa shape index (κ3) is 5.23. The van der Waals surface area contributed by atoms with Crippen LogP contribution < -0.4 is 0 Å². The lowest BCUT2D eigenvalue weighted by molar-refractivity contribution is 0.332. The highest BCUT2D eigenvalue weighted by atomic mass is 19.1. The van der Waals surface area contributed by atoms with E-state index in [0.29, 0.717) is 23.0 Å². The fourth-order valence-corrected chi connectivity index (χ4v) is 9.21. The molecule has 0 fully saturated rings. The van der Waals surface area contributed by atoms with Crippen LogP contribution in [0.5, 0.6) is 0 Å². The highest BCUT2D eigenvalue weighted by molar-refractivity contribution is 6.19. The SMILES string of the molecule is CC1(C)CCC(C)(C)c2cc3c(cc21)c1ccc2ccccc2c1n3-c1ccc(-c2nc(-c3cccc(F)c3)nc(-c3cccc4oc5ccccc5c34)n2)cc1. The molecule has 0 aliphatic heterocycles. The zero-order valence-electron chi connectivity index (χ0n) is 32.3. The molecule has 0 unspecified atom stereocenters. The third-order valence-electron chi connectivity index (χ3n) is 12.4.